The third kappa shape index (κ3) is 4.70. The second-order valence-electron chi connectivity index (χ2n) is 7.86. The minimum Gasteiger partial charge on any atom is -0.496 e. The molecule has 2 amide bonds. The molecule has 0 atom stereocenters. The van der Waals surface area contributed by atoms with Crippen LogP contribution < -0.4 is 10.1 Å². The predicted molar refractivity (Wildman–Crippen MR) is 109 cm³/mol. The Morgan fingerprint density at radius 1 is 1.28 bits per heavy atom. The number of carbonyl (C=O) groups excluding carboxylic acids is 1. The quantitative estimate of drug-likeness (QED) is 0.771. The van der Waals surface area contributed by atoms with Crippen LogP contribution in [0.25, 0.3) is 11.5 Å². The first-order chi connectivity index (χ1) is 14.2. The van der Waals surface area contributed by atoms with Crippen molar-refractivity contribution in [2.24, 2.45) is 0 Å². The molecule has 0 unspecified atom stereocenters. The summed E-state index contributed by atoms with van der Waals surface area (Å²) in [6.07, 6.45) is 4.24. The highest BCUT2D eigenvalue weighted by molar-refractivity contribution is 5.74. The maximum Gasteiger partial charge on any atom is 0.317 e. The Bertz CT molecular complexity index is 827. The molecule has 8 heteroatoms. The molecule has 1 saturated heterocycles. The summed E-state index contributed by atoms with van der Waals surface area (Å²) in [6, 6.07) is 8.35. The minimum atomic E-state index is 0.0236. The van der Waals surface area contributed by atoms with Crippen LogP contribution in [0, 0.1) is 0 Å². The monoisotopic (exact) mass is 399 g/mol. The van der Waals surface area contributed by atoms with E-state index < -0.39 is 0 Å². The number of rotatable bonds is 7. The van der Waals surface area contributed by atoms with Crippen LogP contribution in [0.4, 0.5) is 4.79 Å². The Hall–Kier alpha value is -2.61. The van der Waals surface area contributed by atoms with Gasteiger partial charge in [0, 0.05) is 38.1 Å². The fourth-order valence-electron chi connectivity index (χ4n) is 3.82. The van der Waals surface area contributed by atoms with E-state index in [9.17, 15) is 4.79 Å². The molecule has 0 spiro atoms. The van der Waals surface area contributed by atoms with Crippen LogP contribution >= 0.6 is 0 Å². The number of piperidine rings is 1. The molecule has 2 heterocycles. The average molecular weight is 399 g/mol. The van der Waals surface area contributed by atoms with E-state index in [1.54, 1.807) is 7.11 Å². The van der Waals surface area contributed by atoms with Crippen LogP contribution in [0.3, 0.4) is 0 Å². The second-order valence-corrected chi connectivity index (χ2v) is 7.86. The normalized spacial score (nSPS) is 17.6. The van der Waals surface area contributed by atoms with Crippen LogP contribution in [0.2, 0.25) is 0 Å². The molecule has 2 fully saturated rings. The SMILES string of the molecule is COc1ccccc1-c1nc(C2CCN(C(=O)NCCN(C)C3CC3)CC2)no1. The first kappa shape index (κ1) is 19.7. The number of urea groups is 1. The Labute approximate surface area is 171 Å². The third-order valence-corrected chi connectivity index (χ3v) is 5.84. The lowest BCUT2D eigenvalue weighted by Crippen LogP contribution is -2.46. The standard InChI is InChI=1S/C21H29N5O3/c1-25(16-7-8-16)14-11-22-21(27)26-12-9-15(10-13-26)19-23-20(29-24-19)17-5-3-4-6-18(17)28-2/h3-6,15-16H,7-14H2,1-2H3,(H,22,27). The van der Waals surface area contributed by atoms with Gasteiger partial charge in [0.2, 0.25) is 0 Å². The van der Waals surface area contributed by atoms with Crippen molar-refractivity contribution in [3.05, 3.63) is 30.1 Å². The summed E-state index contributed by atoms with van der Waals surface area (Å²) in [5.74, 6) is 2.09. The van der Waals surface area contributed by atoms with Crippen LogP contribution in [0.15, 0.2) is 28.8 Å². The molecule has 4 rings (SSSR count). The van der Waals surface area contributed by atoms with E-state index in [4.69, 9.17) is 9.26 Å². The van der Waals surface area contributed by atoms with Crippen molar-refractivity contribution in [1.82, 2.24) is 25.3 Å². The summed E-state index contributed by atoms with van der Waals surface area (Å²) in [5.41, 5.74) is 0.793. The topological polar surface area (TPSA) is 83.7 Å². The van der Waals surface area contributed by atoms with Crippen molar-refractivity contribution >= 4 is 6.03 Å². The van der Waals surface area contributed by atoms with Crippen molar-refractivity contribution in [1.29, 1.82) is 0 Å². The smallest absolute Gasteiger partial charge is 0.317 e. The molecular weight excluding hydrogens is 370 g/mol. The first-order valence-electron chi connectivity index (χ1n) is 10.4. The summed E-state index contributed by atoms with van der Waals surface area (Å²) >= 11 is 0. The number of ether oxygens (including phenoxy) is 1. The number of methoxy groups -OCH3 is 1. The number of nitrogens with one attached hydrogen (secondary N) is 1. The lowest BCUT2D eigenvalue weighted by Gasteiger charge is -2.30. The molecule has 1 aromatic heterocycles. The Morgan fingerprint density at radius 3 is 2.76 bits per heavy atom. The molecule has 0 bridgehead atoms. The van der Waals surface area contributed by atoms with Gasteiger partial charge in [-0.2, -0.15) is 4.98 Å². The zero-order valence-electron chi connectivity index (χ0n) is 17.1. The molecule has 156 valence electrons. The van der Waals surface area contributed by atoms with Gasteiger partial charge >= 0.3 is 6.03 Å². The zero-order chi connectivity index (χ0) is 20.2. The number of para-hydroxylation sites is 1. The highest BCUT2D eigenvalue weighted by atomic mass is 16.5. The van der Waals surface area contributed by atoms with Crippen LogP contribution in [-0.2, 0) is 0 Å². The van der Waals surface area contributed by atoms with Gasteiger partial charge in [0.1, 0.15) is 5.75 Å². The molecule has 1 aliphatic carbocycles. The summed E-state index contributed by atoms with van der Waals surface area (Å²) in [6.45, 7) is 3.00. The molecule has 8 nitrogen and oxygen atoms in total. The number of carbonyl (C=O) groups is 1. The van der Waals surface area contributed by atoms with Gasteiger partial charge in [0.15, 0.2) is 5.82 Å². The lowest BCUT2D eigenvalue weighted by atomic mass is 9.96. The summed E-state index contributed by atoms with van der Waals surface area (Å²) in [7, 11) is 3.75. The third-order valence-electron chi connectivity index (χ3n) is 5.84. The van der Waals surface area contributed by atoms with E-state index in [1.165, 1.54) is 12.8 Å². The highest BCUT2D eigenvalue weighted by Crippen LogP contribution is 2.31. The number of hydrogen-bond donors (Lipinski definition) is 1. The van der Waals surface area contributed by atoms with Crippen molar-refractivity contribution in [3.8, 4) is 17.2 Å². The van der Waals surface area contributed by atoms with Gasteiger partial charge < -0.3 is 24.4 Å². The highest BCUT2D eigenvalue weighted by Gasteiger charge is 2.28. The molecule has 1 N–H and O–H groups in total. The molecule has 1 saturated carbocycles. The molecule has 1 aliphatic heterocycles. The lowest BCUT2D eigenvalue weighted by molar-refractivity contribution is 0.178. The van der Waals surface area contributed by atoms with Crippen molar-refractivity contribution in [3.63, 3.8) is 0 Å². The fraction of sp³-hybridized carbons (Fsp3) is 0.571. The van der Waals surface area contributed by atoms with Crippen molar-refractivity contribution in [2.75, 3.05) is 40.3 Å². The summed E-state index contributed by atoms with van der Waals surface area (Å²) < 4.78 is 10.9. The van der Waals surface area contributed by atoms with E-state index >= 15 is 0 Å². The molecule has 2 aromatic rings. The second kappa shape index (κ2) is 8.82. The maximum absolute atomic E-state index is 12.4. The molecule has 0 radical (unpaired) electrons. The summed E-state index contributed by atoms with van der Waals surface area (Å²) in [5, 5.41) is 7.23. The number of nitrogens with zero attached hydrogens (tertiary/aromatic N) is 4. The number of likely N-dealkylation sites (N-methyl/N-ethyl adjacent to an activating group) is 1. The molecule has 2 aliphatic rings. The van der Waals surface area contributed by atoms with Gasteiger partial charge in [-0.25, -0.2) is 4.79 Å². The number of benzene rings is 1. The first-order valence-corrected chi connectivity index (χ1v) is 10.4. The predicted octanol–water partition coefficient (Wildman–Crippen LogP) is 2.73. The van der Waals surface area contributed by atoms with E-state index in [-0.39, 0.29) is 11.9 Å². The Balaban J connectivity index is 1.27. The van der Waals surface area contributed by atoms with Gasteiger partial charge in [0.25, 0.3) is 5.89 Å². The fourth-order valence-corrected chi connectivity index (χ4v) is 3.82. The van der Waals surface area contributed by atoms with Gasteiger partial charge in [-0.1, -0.05) is 17.3 Å². The largest absolute Gasteiger partial charge is 0.496 e. The van der Waals surface area contributed by atoms with Crippen molar-refractivity contribution in [2.45, 2.75) is 37.6 Å². The average Bonchev–Trinajstić information content (AvgIpc) is 3.50. The van der Waals surface area contributed by atoms with Crippen molar-refractivity contribution < 1.29 is 14.1 Å². The van der Waals surface area contributed by atoms with Gasteiger partial charge in [-0.15, -0.1) is 0 Å². The Kier molecular flexibility index (Phi) is 5.99. The Morgan fingerprint density at radius 2 is 2.03 bits per heavy atom. The van der Waals surface area contributed by atoms with Gasteiger partial charge in [-0.3, -0.25) is 0 Å². The summed E-state index contributed by atoms with van der Waals surface area (Å²) in [4.78, 5) is 21.2. The van der Waals surface area contributed by atoms with Gasteiger partial charge in [0.05, 0.1) is 12.7 Å². The van der Waals surface area contributed by atoms with Crippen LogP contribution in [0.5, 0.6) is 5.75 Å². The molecular formula is C21H29N5O3. The van der Waals surface area contributed by atoms with E-state index in [0.717, 1.165) is 31.0 Å². The number of aromatic nitrogens is 2. The molecule has 1 aromatic carbocycles. The van der Waals surface area contributed by atoms with E-state index in [0.29, 0.717) is 37.1 Å². The maximum atomic E-state index is 12.4. The number of hydrogen-bond acceptors (Lipinski definition) is 6. The van der Waals surface area contributed by atoms with Crippen LogP contribution in [0.1, 0.15) is 37.4 Å². The molecule has 29 heavy (non-hydrogen) atoms. The van der Waals surface area contributed by atoms with E-state index in [2.05, 4.69) is 27.4 Å². The van der Waals surface area contributed by atoms with E-state index in [1.807, 2.05) is 29.2 Å². The zero-order valence-corrected chi connectivity index (χ0v) is 17.1. The van der Waals surface area contributed by atoms with Gasteiger partial charge in [-0.05, 0) is 44.9 Å². The minimum absolute atomic E-state index is 0.0236. The van der Waals surface area contributed by atoms with Crippen LogP contribution in [-0.4, -0.2) is 72.3 Å². The number of likely N-dealkylation sites (tertiary alicyclic amines) is 1. The number of amides is 2.